The molecule has 3 heterocycles. The Kier molecular flexibility index (Phi) is 8.48. The number of ether oxygens (including phenoxy) is 1. The summed E-state index contributed by atoms with van der Waals surface area (Å²) in [5.41, 5.74) is 0.553. The predicted molar refractivity (Wildman–Crippen MR) is 144 cm³/mol. The molecule has 202 valence electrons. The molecule has 0 atom stereocenters. The largest absolute Gasteiger partial charge is 0.465 e. The lowest BCUT2D eigenvalue weighted by atomic mass is 9.85. The van der Waals surface area contributed by atoms with Crippen molar-refractivity contribution in [1.82, 2.24) is 24.7 Å². The van der Waals surface area contributed by atoms with E-state index < -0.39 is 23.0 Å². The minimum absolute atomic E-state index is 0.0195. The number of carbonyl (C=O) groups excluding carboxylic acids is 1. The van der Waals surface area contributed by atoms with Gasteiger partial charge < -0.3 is 10.1 Å². The molecule has 0 aliphatic rings. The molecule has 1 N–H and O–H groups in total. The van der Waals surface area contributed by atoms with Gasteiger partial charge in [-0.2, -0.15) is 5.10 Å². The Balaban J connectivity index is 1.80. The molecule has 0 unspecified atom stereocenters. The molecule has 4 aromatic rings. The van der Waals surface area contributed by atoms with Crippen molar-refractivity contribution in [2.24, 2.45) is 4.99 Å². The Morgan fingerprint density at radius 3 is 2.77 bits per heavy atom. The number of nitrogens with zero attached hydrogens (tertiary/aromatic N) is 6. The van der Waals surface area contributed by atoms with E-state index in [2.05, 4.69) is 25.0 Å². The summed E-state index contributed by atoms with van der Waals surface area (Å²) in [4.78, 5) is 30.9. The van der Waals surface area contributed by atoms with Crippen molar-refractivity contribution in [3.8, 4) is 11.5 Å². The Morgan fingerprint density at radius 2 is 2.03 bits per heavy atom. The summed E-state index contributed by atoms with van der Waals surface area (Å²) in [5.74, 6) is -1.23. The van der Waals surface area contributed by atoms with Gasteiger partial charge in [0.1, 0.15) is 17.3 Å². The van der Waals surface area contributed by atoms with E-state index in [4.69, 9.17) is 10.1 Å². The second-order valence-electron chi connectivity index (χ2n) is 9.34. The van der Waals surface area contributed by atoms with E-state index in [0.717, 1.165) is 12.5 Å². The van der Waals surface area contributed by atoms with E-state index in [-0.39, 0.29) is 24.5 Å². The number of esters is 1. The van der Waals surface area contributed by atoms with Crippen LogP contribution in [-0.2, 0) is 21.5 Å². The molecular formula is C28H29F2N7O2. The standard InChI is InChI=1S/C28H29F2N7O2/c1-4-39-27(38)28(2,3)21-16-34-25(35-24(21)32-13-7-5-6-12-31)23-20-9-8-14-33-26(20)37(36-23)17-18-10-11-19(29)15-22(18)30/h8-16,31H,4-7,17H2,1-3H3. The van der Waals surface area contributed by atoms with Gasteiger partial charge in [0.05, 0.1) is 24.0 Å². The second kappa shape index (κ2) is 12.0. The molecule has 3 aromatic heterocycles. The maximum Gasteiger partial charge on any atom is 0.316 e. The van der Waals surface area contributed by atoms with Gasteiger partial charge in [-0.25, -0.2) is 33.4 Å². The van der Waals surface area contributed by atoms with E-state index in [1.54, 1.807) is 45.4 Å². The first kappa shape index (κ1) is 27.6. The van der Waals surface area contributed by atoms with Crippen molar-refractivity contribution in [1.29, 1.82) is 5.41 Å². The lowest BCUT2D eigenvalue weighted by Gasteiger charge is -2.23. The fraction of sp³-hybridized carbons (Fsp3) is 0.321. The molecule has 0 amide bonds. The average Bonchev–Trinajstić information content (AvgIpc) is 3.28. The van der Waals surface area contributed by atoms with Crippen LogP contribution in [-0.4, -0.2) is 49.7 Å². The highest BCUT2D eigenvalue weighted by molar-refractivity contribution is 5.90. The minimum atomic E-state index is -1.07. The maximum atomic E-state index is 14.4. The highest BCUT2D eigenvalue weighted by Crippen LogP contribution is 2.34. The smallest absolute Gasteiger partial charge is 0.316 e. The number of carbonyl (C=O) groups is 1. The molecule has 0 spiro atoms. The van der Waals surface area contributed by atoms with Gasteiger partial charge in [-0.1, -0.05) is 6.07 Å². The molecule has 0 saturated carbocycles. The first-order chi connectivity index (χ1) is 18.8. The summed E-state index contributed by atoms with van der Waals surface area (Å²) < 4.78 is 34.6. The monoisotopic (exact) mass is 533 g/mol. The number of rotatable bonds is 11. The number of nitrogens with one attached hydrogen (secondary N) is 1. The summed E-state index contributed by atoms with van der Waals surface area (Å²) in [7, 11) is 0. The molecule has 1 aromatic carbocycles. The van der Waals surface area contributed by atoms with Gasteiger partial charge >= 0.3 is 5.97 Å². The highest BCUT2D eigenvalue weighted by atomic mass is 19.1. The molecule has 0 saturated heterocycles. The van der Waals surface area contributed by atoms with Crippen molar-refractivity contribution in [3.63, 3.8) is 0 Å². The molecule has 0 aliphatic heterocycles. The van der Waals surface area contributed by atoms with Crippen LogP contribution in [0.5, 0.6) is 0 Å². The quantitative estimate of drug-likeness (QED) is 0.153. The predicted octanol–water partition coefficient (Wildman–Crippen LogP) is 5.58. The van der Waals surface area contributed by atoms with Crippen molar-refractivity contribution in [3.05, 3.63) is 65.5 Å². The molecule has 0 aliphatic carbocycles. The van der Waals surface area contributed by atoms with Crippen LogP contribution < -0.4 is 0 Å². The Bertz CT molecular complexity index is 1530. The fourth-order valence-corrected chi connectivity index (χ4v) is 4.01. The molecule has 11 heteroatoms. The van der Waals surface area contributed by atoms with Crippen LogP contribution in [0.3, 0.4) is 0 Å². The number of benzene rings is 1. The normalized spacial score (nSPS) is 11.8. The van der Waals surface area contributed by atoms with Gasteiger partial charge in [-0.05, 0) is 64.4 Å². The van der Waals surface area contributed by atoms with Crippen LogP contribution >= 0.6 is 0 Å². The van der Waals surface area contributed by atoms with Gasteiger partial charge in [0.2, 0.25) is 0 Å². The first-order valence-electron chi connectivity index (χ1n) is 12.6. The number of aliphatic imine (C=N–C) groups is 1. The van der Waals surface area contributed by atoms with Crippen LogP contribution in [0.2, 0.25) is 0 Å². The lowest BCUT2D eigenvalue weighted by Crippen LogP contribution is -2.31. The zero-order valence-electron chi connectivity index (χ0n) is 22.0. The van der Waals surface area contributed by atoms with E-state index >= 15 is 0 Å². The minimum Gasteiger partial charge on any atom is -0.465 e. The van der Waals surface area contributed by atoms with Gasteiger partial charge in [0.15, 0.2) is 17.3 Å². The van der Waals surface area contributed by atoms with Gasteiger partial charge in [0.25, 0.3) is 0 Å². The van der Waals surface area contributed by atoms with Crippen molar-refractivity contribution < 1.29 is 18.3 Å². The van der Waals surface area contributed by atoms with Gasteiger partial charge in [-0.15, -0.1) is 0 Å². The summed E-state index contributed by atoms with van der Waals surface area (Å²) in [6.07, 6.45) is 8.20. The zero-order chi connectivity index (χ0) is 28.0. The molecule has 9 nitrogen and oxygen atoms in total. The first-order valence-corrected chi connectivity index (χ1v) is 12.6. The fourth-order valence-electron chi connectivity index (χ4n) is 4.01. The van der Waals surface area contributed by atoms with Crippen molar-refractivity contribution in [2.45, 2.75) is 52.0 Å². The van der Waals surface area contributed by atoms with Gasteiger partial charge in [0, 0.05) is 35.8 Å². The van der Waals surface area contributed by atoms with Crippen LogP contribution in [0.25, 0.3) is 22.6 Å². The SMILES string of the molecule is CCOC(=O)C(C)(C)c1cnc(-c2nn(Cc3ccc(F)cc3F)c3ncccc23)nc1N=CCCCC=N. The summed E-state index contributed by atoms with van der Waals surface area (Å²) in [6, 6.07) is 6.95. The summed E-state index contributed by atoms with van der Waals surface area (Å²) in [6.45, 7) is 5.44. The lowest BCUT2D eigenvalue weighted by molar-refractivity contribution is -0.148. The molecule has 0 radical (unpaired) electrons. The summed E-state index contributed by atoms with van der Waals surface area (Å²) >= 11 is 0. The van der Waals surface area contributed by atoms with Crippen molar-refractivity contribution >= 4 is 35.2 Å². The number of aromatic nitrogens is 5. The maximum absolute atomic E-state index is 14.4. The molecule has 0 bridgehead atoms. The highest BCUT2D eigenvalue weighted by Gasteiger charge is 2.35. The van der Waals surface area contributed by atoms with E-state index in [1.807, 2.05) is 6.07 Å². The van der Waals surface area contributed by atoms with E-state index in [1.165, 1.54) is 23.0 Å². The zero-order valence-corrected chi connectivity index (χ0v) is 22.0. The molecular weight excluding hydrogens is 504 g/mol. The Labute approximate surface area is 224 Å². The van der Waals surface area contributed by atoms with Crippen LogP contribution in [0.1, 0.15) is 51.2 Å². The van der Waals surface area contributed by atoms with Crippen LogP contribution in [0.4, 0.5) is 14.6 Å². The number of hydrogen-bond donors (Lipinski definition) is 1. The second-order valence-corrected chi connectivity index (χ2v) is 9.34. The molecule has 0 fully saturated rings. The van der Waals surface area contributed by atoms with E-state index in [9.17, 15) is 13.6 Å². The topological polar surface area (TPSA) is 119 Å². The number of unbranched alkanes of at least 4 members (excludes halogenated alkanes) is 2. The molecule has 4 rings (SSSR count). The van der Waals surface area contributed by atoms with Crippen LogP contribution in [0, 0.1) is 17.0 Å². The van der Waals surface area contributed by atoms with Crippen LogP contribution in [0.15, 0.2) is 47.7 Å². The number of fused-ring (bicyclic) bond motifs is 1. The number of pyridine rings is 1. The Morgan fingerprint density at radius 1 is 1.21 bits per heavy atom. The third kappa shape index (κ3) is 6.02. The van der Waals surface area contributed by atoms with Crippen molar-refractivity contribution in [2.75, 3.05) is 6.61 Å². The van der Waals surface area contributed by atoms with Gasteiger partial charge in [-0.3, -0.25) is 4.79 Å². The third-order valence-corrected chi connectivity index (χ3v) is 6.18. The number of hydrogen-bond acceptors (Lipinski definition) is 8. The van der Waals surface area contributed by atoms with E-state index in [0.29, 0.717) is 41.0 Å². The Hall–Kier alpha value is -4.41. The third-order valence-electron chi connectivity index (χ3n) is 6.18. The molecule has 39 heavy (non-hydrogen) atoms. The number of halogens is 2. The summed E-state index contributed by atoms with van der Waals surface area (Å²) in [5, 5.41) is 12.5. The average molecular weight is 534 g/mol.